The SMILES string of the molecule is NCC1(c2cnc3cnccn23)CCCC1. The van der Waals surface area contributed by atoms with Gasteiger partial charge in [-0.25, -0.2) is 4.98 Å². The Balaban J connectivity index is 2.17. The molecular formula is C12H16N4. The molecule has 1 aliphatic rings. The van der Waals surface area contributed by atoms with Gasteiger partial charge in [-0.15, -0.1) is 0 Å². The van der Waals surface area contributed by atoms with Gasteiger partial charge in [0.15, 0.2) is 5.65 Å². The summed E-state index contributed by atoms with van der Waals surface area (Å²) in [7, 11) is 0. The minimum absolute atomic E-state index is 0.140. The maximum absolute atomic E-state index is 5.99. The summed E-state index contributed by atoms with van der Waals surface area (Å²) < 4.78 is 2.13. The van der Waals surface area contributed by atoms with Crippen LogP contribution in [0.5, 0.6) is 0 Å². The highest BCUT2D eigenvalue weighted by molar-refractivity contribution is 5.39. The van der Waals surface area contributed by atoms with Gasteiger partial charge in [-0.05, 0) is 12.8 Å². The molecule has 2 aromatic rings. The summed E-state index contributed by atoms with van der Waals surface area (Å²) in [6, 6.07) is 0. The van der Waals surface area contributed by atoms with Gasteiger partial charge in [0.1, 0.15) is 0 Å². The van der Waals surface area contributed by atoms with Crippen LogP contribution in [0.15, 0.2) is 24.8 Å². The molecule has 2 aromatic heterocycles. The first-order chi connectivity index (χ1) is 7.86. The molecule has 0 aromatic carbocycles. The zero-order valence-corrected chi connectivity index (χ0v) is 9.26. The molecule has 0 saturated heterocycles. The highest BCUT2D eigenvalue weighted by Gasteiger charge is 2.36. The molecule has 4 nitrogen and oxygen atoms in total. The molecule has 0 aliphatic heterocycles. The van der Waals surface area contributed by atoms with Crippen molar-refractivity contribution in [2.75, 3.05) is 6.54 Å². The number of aromatic nitrogens is 3. The van der Waals surface area contributed by atoms with E-state index < -0.39 is 0 Å². The van der Waals surface area contributed by atoms with Gasteiger partial charge in [0.2, 0.25) is 0 Å². The van der Waals surface area contributed by atoms with Gasteiger partial charge in [0.25, 0.3) is 0 Å². The Morgan fingerprint density at radius 2 is 2.12 bits per heavy atom. The second kappa shape index (κ2) is 3.56. The van der Waals surface area contributed by atoms with Crippen molar-refractivity contribution >= 4 is 5.65 Å². The molecule has 0 amide bonds. The van der Waals surface area contributed by atoms with Crippen LogP contribution in [0.25, 0.3) is 5.65 Å². The van der Waals surface area contributed by atoms with Gasteiger partial charge in [-0.3, -0.25) is 4.98 Å². The fraction of sp³-hybridized carbons (Fsp3) is 0.500. The van der Waals surface area contributed by atoms with Crippen molar-refractivity contribution in [2.45, 2.75) is 31.1 Å². The van der Waals surface area contributed by atoms with Crippen LogP contribution in [0, 0.1) is 0 Å². The fourth-order valence-corrected chi connectivity index (χ4v) is 2.85. The first kappa shape index (κ1) is 9.78. The summed E-state index contributed by atoms with van der Waals surface area (Å²) in [5.74, 6) is 0. The van der Waals surface area contributed by atoms with Crippen molar-refractivity contribution in [3.63, 3.8) is 0 Å². The first-order valence-corrected chi connectivity index (χ1v) is 5.83. The van der Waals surface area contributed by atoms with Gasteiger partial charge < -0.3 is 10.1 Å². The van der Waals surface area contributed by atoms with E-state index >= 15 is 0 Å². The van der Waals surface area contributed by atoms with Crippen molar-refractivity contribution < 1.29 is 0 Å². The van der Waals surface area contributed by atoms with Crippen LogP contribution in [0.1, 0.15) is 31.4 Å². The lowest BCUT2D eigenvalue weighted by Crippen LogP contribution is -2.33. The summed E-state index contributed by atoms with van der Waals surface area (Å²) in [5, 5.41) is 0. The van der Waals surface area contributed by atoms with Crippen LogP contribution in [0.2, 0.25) is 0 Å². The molecule has 0 spiro atoms. The van der Waals surface area contributed by atoms with Crippen LogP contribution in [-0.4, -0.2) is 20.9 Å². The lowest BCUT2D eigenvalue weighted by atomic mass is 9.83. The van der Waals surface area contributed by atoms with Crippen molar-refractivity contribution in [1.29, 1.82) is 0 Å². The molecule has 0 bridgehead atoms. The molecule has 2 heterocycles. The third-order valence-corrected chi connectivity index (χ3v) is 3.81. The Bertz CT molecular complexity index is 496. The zero-order valence-electron chi connectivity index (χ0n) is 9.26. The van der Waals surface area contributed by atoms with E-state index in [1.165, 1.54) is 31.4 Å². The summed E-state index contributed by atoms with van der Waals surface area (Å²) in [6.45, 7) is 0.711. The van der Waals surface area contributed by atoms with Crippen molar-refractivity contribution in [1.82, 2.24) is 14.4 Å². The number of rotatable bonds is 2. The van der Waals surface area contributed by atoms with E-state index in [9.17, 15) is 0 Å². The normalized spacial score (nSPS) is 19.3. The largest absolute Gasteiger partial charge is 0.330 e. The number of hydrogen-bond acceptors (Lipinski definition) is 3. The Kier molecular flexibility index (Phi) is 2.17. The molecule has 1 fully saturated rings. The van der Waals surface area contributed by atoms with E-state index in [1.54, 1.807) is 12.4 Å². The topological polar surface area (TPSA) is 56.2 Å². The molecule has 4 heteroatoms. The first-order valence-electron chi connectivity index (χ1n) is 5.83. The van der Waals surface area contributed by atoms with Crippen molar-refractivity contribution in [3.05, 3.63) is 30.5 Å². The molecule has 3 rings (SSSR count). The van der Waals surface area contributed by atoms with Crippen molar-refractivity contribution in [3.8, 4) is 0 Å². The summed E-state index contributed by atoms with van der Waals surface area (Å²) >= 11 is 0. The minimum atomic E-state index is 0.140. The van der Waals surface area contributed by atoms with Gasteiger partial charge in [-0.2, -0.15) is 0 Å². The monoisotopic (exact) mass is 216 g/mol. The third-order valence-electron chi connectivity index (χ3n) is 3.81. The van der Waals surface area contributed by atoms with E-state index in [0.717, 1.165) is 5.65 Å². The minimum Gasteiger partial charge on any atom is -0.330 e. The number of imidazole rings is 1. The van der Waals surface area contributed by atoms with E-state index in [0.29, 0.717) is 6.54 Å². The van der Waals surface area contributed by atoms with Crippen LogP contribution >= 0.6 is 0 Å². The van der Waals surface area contributed by atoms with Gasteiger partial charge in [0.05, 0.1) is 6.20 Å². The number of hydrogen-bond donors (Lipinski definition) is 1. The summed E-state index contributed by atoms with van der Waals surface area (Å²) in [5.41, 5.74) is 8.30. The Morgan fingerprint density at radius 3 is 2.88 bits per heavy atom. The Labute approximate surface area is 94.5 Å². The average molecular weight is 216 g/mol. The second-order valence-electron chi connectivity index (χ2n) is 4.64. The molecule has 2 N–H and O–H groups in total. The van der Waals surface area contributed by atoms with E-state index in [-0.39, 0.29) is 5.41 Å². The molecule has 0 radical (unpaired) electrons. The van der Waals surface area contributed by atoms with Gasteiger partial charge in [-0.1, -0.05) is 12.8 Å². The predicted molar refractivity (Wildman–Crippen MR) is 62.2 cm³/mol. The van der Waals surface area contributed by atoms with E-state index in [4.69, 9.17) is 5.73 Å². The van der Waals surface area contributed by atoms with Gasteiger partial charge in [0, 0.05) is 36.2 Å². The molecule has 16 heavy (non-hydrogen) atoms. The summed E-state index contributed by atoms with van der Waals surface area (Å²) in [4.78, 5) is 8.49. The molecule has 0 atom stereocenters. The van der Waals surface area contributed by atoms with Crippen molar-refractivity contribution in [2.24, 2.45) is 5.73 Å². The van der Waals surface area contributed by atoms with E-state index in [2.05, 4.69) is 14.4 Å². The standard InChI is InChI=1S/C12H16N4/c13-9-12(3-1-2-4-12)10-7-15-11-8-14-5-6-16(10)11/h5-8H,1-4,9,13H2. The summed E-state index contributed by atoms with van der Waals surface area (Å²) in [6.07, 6.45) is 12.5. The number of fused-ring (bicyclic) bond motifs is 1. The highest BCUT2D eigenvalue weighted by atomic mass is 15.0. The third kappa shape index (κ3) is 1.26. The highest BCUT2D eigenvalue weighted by Crippen LogP contribution is 2.40. The Hall–Kier alpha value is -1.42. The maximum atomic E-state index is 5.99. The Morgan fingerprint density at radius 1 is 1.31 bits per heavy atom. The smallest absolute Gasteiger partial charge is 0.155 e. The molecular weight excluding hydrogens is 200 g/mol. The lowest BCUT2D eigenvalue weighted by Gasteiger charge is -2.26. The fourth-order valence-electron chi connectivity index (χ4n) is 2.85. The van der Waals surface area contributed by atoms with Crippen LogP contribution in [0.3, 0.4) is 0 Å². The zero-order chi connectivity index (χ0) is 11.0. The molecule has 0 unspecified atom stereocenters. The van der Waals surface area contributed by atoms with Crippen LogP contribution < -0.4 is 5.73 Å². The maximum Gasteiger partial charge on any atom is 0.155 e. The van der Waals surface area contributed by atoms with E-state index in [1.807, 2.05) is 12.4 Å². The van der Waals surface area contributed by atoms with Crippen LogP contribution in [-0.2, 0) is 5.41 Å². The number of nitrogens with two attached hydrogens (primary N) is 1. The predicted octanol–water partition coefficient (Wildman–Crippen LogP) is 1.50. The second-order valence-corrected chi connectivity index (χ2v) is 4.64. The average Bonchev–Trinajstić information content (AvgIpc) is 2.96. The molecule has 1 aliphatic carbocycles. The lowest BCUT2D eigenvalue weighted by molar-refractivity contribution is 0.436. The van der Waals surface area contributed by atoms with Gasteiger partial charge >= 0.3 is 0 Å². The number of nitrogens with zero attached hydrogens (tertiary/aromatic N) is 3. The quantitative estimate of drug-likeness (QED) is 0.827. The van der Waals surface area contributed by atoms with Crippen LogP contribution in [0.4, 0.5) is 0 Å². The molecule has 84 valence electrons. The molecule has 1 saturated carbocycles.